The van der Waals surface area contributed by atoms with Crippen LogP contribution in [0.25, 0.3) is 0 Å². The van der Waals surface area contributed by atoms with Gasteiger partial charge in [0, 0.05) is 5.69 Å². The predicted octanol–water partition coefficient (Wildman–Crippen LogP) is 4.36. The Bertz CT molecular complexity index is 932. The minimum absolute atomic E-state index is 0.0116. The second kappa shape index (κ2) is 9.56. The largest absolute Gasteiger partial charge is 0.490 e. The summed E-state index contributed by atoms with van der Waals surface area (Å²) in [6, 6.07) is 9.47. The minimum atomic E-state index is -3.02. The summed E-state index contributed by atoms with van der Waals surface area (Å²) in [5.74, 6) is -1.45. The SMILES string of the molecule is CCOc1cc(C(=O)O[C@@H](C)C(=O)Nc2ccc3c(c2)CCC3)ccc1OC(F)F. The summed E-state index contributed by atoms with van der Waals surface area (Å²) in [4.78, 5) is 24.8. The van der Waals surface area contributed by atoms with Crippen molar-refractivity contribution in [3.63, 3.8) is 0 Å². The number of halogens is 2. The molecular formula is C22H23F2NO5. The summed E-state index contributed by atoms with van der Waals surface area (Å²) >= 11 is 0. The number of benzene rings is 2. The molecule has 0 saturated heterocycles. The molecule has 1 N–H and O–H groups in total. The van der Waals surface area contributed by atoms with E-state index >= 15 is 0 Å². The number of aryl methyl sites for hydroxylation is 2. The van der Waals surface area contributed by atoms with Crippen LogP contribution in [-0.4, -0.2) is 31.2 Å². The van der Waals surface area contributed by atoms with E-state index in [1.165, 1.54) is 36.2 Å². The molecule has 1 amide bonds. The zero-order chi connectivity index (χ0) is 21.7. The molecule has 8 heteroatoms. The van der Waals surface area contributed by atoms with Crippen LogP contribution < -0.4 is 14.8 Å². The number of fused-ring (bicyclic) bond motifs is 1. The van der Waals surface area contributed by atoms with E-state index in [1.54, 1.807) is 6.92 Å². The summed E-state index contributed by atoms with van der Waals surface area (Å²) in [6.07, 6.45) is 2.07. The highest BCUT2D eigenvalue weighted by Gasteiger charge is 2.21. The number of rotatable bonds is 8. The van der Waals surface area contributed by atoms with Gasteiger partial charge in [-0.1, -0.05) is 6.07 Å². The van der Waals surface area contributed by atoms with Crippen molar-refractivity contribution >= 4 is 17.6 Å². The Morgan fingerprint density at radius 3 is 2.57 bits per heavy atom. The number of hydrogen-bond donors (Lipinski definition) is 1. The average molecular weight is 419 g/mol. The highest BCUT2D eigenvalue weighted by molar-refractivity contribution is 5.97. The number of ether oxygens (including phenoxy) is 3. The summed E-state index contributed by atoms with van der Waals surface area (Å²) in [6.45, 7) is 0.295. The van der Waals surface area contributed by atoms with Gasteiger partial charge in [-0.25, -0.2) is 4.79 Å². The lowest BCUT2D eigenvalue weighted by molar-refractivity contribution is -0.123. The average Bonchev–Trinajstić information content (AvgIpc) is 3.16. The fraction of sp³-hybridized carbons (Fsp3) is 0.364. The second-order valence-electron chi connectivity index (χ2n) is 6.85. The van der Waals surface area contributed by atoms with Gasteiger partial charge in [0.05, 0.1) is 12.2 Å². The monoisotopic (exact) mass is 419 g/mol. The van der Waals surface area contributed by atoms with Crippen LogP contribution in [0.2, 0.25) is 0 Å². The van der Waals surface area contributed by atoms with Gasteiger partial charge in [0.1, 0.15) is 0 Å². The lowest BCUT2D eigenvalue weighted by Gasteiger charge is -2.15. The van der Waals surface area contributed by atoms with Crippen molar-refractivity contribution in [3.8, 4) is 11.5 Å². The number of nitrogens with one attached hydrogen (secondary N) is 1. The van der Waals surface area contributed by atoms with Crippen molar-refractivity contribution < 1.29 is 32.6 Å². The van der Waals surface area contributed by atoms with Crippen LogP contribution in [0.5, 0.6) is 11.5 Å². The van der Waals surface area contributed by atoms with Gasteiger partial charge in [-0.15, -0.1) is 0 Å². The number of hydrogen-bond acceptors (Lipinski definition) is 5. The highest BCUT2D eigenvalue weighted by Crippen LogP contribution is 2.30. The Morgan fingerprint density at radius 2 is 1.83 bits per heavy atom. The van der Waals surface area contributed by atoms with Crippen LogP contribution in [-0.2, 0) is 22.4 Å². The van der Waals surface area contributed by atoms with Gasteiger partial charge in [0.15, 0.2) is 17.6 Å². The first-order valence-electron chi connectivity index (χ1n) is 9.72. The van der Waals surface area contributed by atoms with E-state index in [4.69, 9.17) is 9.47 Å². The van der Waals surface area contributed by atoms with E-state index in [0.717, 1.165) is 19.3 Å². The molecule has 2 aromatic carbocycles. The zero-order valence-corrected chi connectivity index (χ0v) is 16.7. The maximum atomic E-state index is 12.5. The van der Waals surface area contributed by atoms with Crippen molar-refractivity contribution in [3.05, 3.63) is 53.1 Å². The molecule has 1 atom stereocenters. The molecule has 2 aromatic rings. The number of esters is 1. The van der Waals surface area contributed by atoms with Crippen LogP contribution in [0.1, 0.15) is 41.8 Å². The first kappa shape index (κ1) is 21.5. The van der Waals surface area contributed by atoms with Crippen LogP contribution in [0.3, 0.4) is 0 Å². The Balaban J connectivity index is 1.64. The first-order valence-corrected chi connectivity index (χ1v) is 9.72. The van der Waals surface area contributed by atoms with Gasteiger partial charge in [-0.05, 0) is 74.6 Å². The third-order valence-corrected chi connectivity index (χ3v) is 4.71. The molecule has 6 nitrogen and oxygen atoms in total. The van der Waals surface area contributed by atoms with Crippen molar-refractivity contribution in [1.29, 1.82) is 0 Å². The molecule has 3 rings (SSSR count). The lowest BCUT2D eigenvalue weighted by Crippen LogP contribution is -2.30. The summed E-state index contributed by atoms with van der Waals surface area (Å²) in [5, 5.41) is 2.75. The maximum Gasteiger partial charge on any atom is 0.387 e. The normalized spacial score (nSPS) is 13.5. The maximum absolute atomic E-state index is 12.5. The van der Waals surface area contributed by atoms with E-state index in [0.29, 0.717) is 5.69 Å². The van der Waals surface area contributed by atoms with Gasteiger partial charge < -0.3 is 19.5 Å². The molecule has 0 fully saturated rings. The Morgan fingerprint density at radius 1 is 1.07 bits per heavy atom. The Hall–Kier alpha value is -3.16. The molecular weight excluding hydrogens is 396 g/mol. The van der Waals surface area contributed by atoms with E-state index in [1.807, 2.05) is 18.2 Å². The molecule has 1 aliphatic rings. The third-order valence-electron chi connectivity index (χ3n) is 4.71. The van der Waals surface area contributed by atoms with E-state index in [2.05, 4.69) is 10.1 Å². The van der Waals surface area contributed by atoms with Crippen LogP contribution in [0, 0.1) is 0 Å². The van der Waals surface area contributed by atoms with Gasteiger partial charge in [-0.3, -0.25) is 4.79 Å². The fourth-order valence-electron chi connectivity index (χ4n) is 3.27. The van der Waals surface area contributed by atoms with Gasteiger partial charge >= 0.3 is 12.6 Å². The molecule has 0 aliphatic heterocycles. The number of carbonyl (C=O) groups excluding carboxylic acids is 2. The molecule has 0 radical (unpaired) electrons. The molecule has 160 valence electrons. The molecule has 0 unspecified atom stereocenters. The minimum Gasteiger partial charge on any atom is -0.490 e. The number of carbonyl (C=O) groups is 2. The number of alkyl halides is 2. The summed E-state index contributed by atoms with van der Waals surface area (Å²) in [7, 11) is 0. The number of anilines is 1. The lowest BCUT2D eigenvalue weighted by atomic mass is 10.1. The van der Waals surface area contributed by atoms with Gasteiger partial charge in [-0.2, -0.15) is 8.78 Å². The molecule has 30 heavy (non-hydrogen) atoms. The second-order valence-corrected chi connectivity index (χ2v) is 6.85. The smallest absolute Gasteiger partial charge is 0.387 e. The van der Waals surface area contributed by atoms with Crippen molar-refractivity contribution in [2.24, 2.45) is 0 Å². The van der Waals surface area contributed by atoms with E-state index < -0.39 is 24.6 Å². The predicted molar refractivity (Wildman–Crippen MR) is 106 cm³/mol. The molecule has 0 aromatic heterocycles. The Kier molecular flexibility index (Phi) is 6.87. The van der Waals surface area contributed by atoms with Crippen molar-refractivity contribution in [1.82, 2.24) is 0 Å². The van der Waals surface area contributed by atoms with Gasteiger partial charge in [0.25, 0.3) is 5.91 Å². The zero-order valence-electron chi connectivity index (χ0n) is 16.7. The van der Waals surface area contributed by atoms with E-state index in [-0.39, 0.29) is 23.7 Å². The first-order chi connectivity index (χ1) is 14.4. The topological polar surface area (TPSA) is 73.9 Å². The van der Waals surface area contributed by atoms with Crippen molar-refractivity contribution in [2.45, 2.75) is 45.8 Å². The quantitative estimate of drug-likeness (QED) is 0.644. The van der Waals surface area contributed by atoms with Crippen LogP contribution >= 0.6 is 0 Å². The van der Waals surface area contributed by atoms with Crippen LogP contribution in [0.4, 0.5) is 14.5 Å². The fourth-order valence-corrected chi connectivity index (χ4v) is 3.27. The van der Waals surface area contributed by atoms with E-state index in [9.17, 15) is 18.4 Å². The van der Waals surface area contributed by atoms with Crippen molar-refractivity contribution in [2.75, 3.05) is 11.9 Å². The molecule has 0 spiro atoms. The molecule has 0 bridgehead atoms. The molecule has 0 heterocycles. The Labute approximate surface area is 173 Å². The molecule has 1 aliphatic carbocycles. The third kappa shape index (κ3) is 5.25. The highest BCUT2D eigenvalue weighted by atomic mass is 19.3. The molecule has 0 saturated carbocycles. The van der Waals surface area contributed by atoms with Crippen LogP contribution in [0.15, 0.2) is 36.4 Å². The standard InChI is InChI=1S/C22H23F2NO5/c1-3-28-19-12-16(8-10-18(19)30-22(23)24)21(27)29-13(2)20(26)25-17-9-7-14-5-4-6-15(14)11-17/h7-13,22H,3-6H2,1-2H3,(H,25,26)/t13-/m0/s1. The van der Waals surface area contributed by atoms with Gasteiger partial charge in [0.2, 0.25) is 0 Å². The summed E-state index contributed by atoms with van der Waals surface area (Å²) < 4.78 is 39.8. The summed E-state index contributed by atoms with van der Waals surface area (Å²) in [5.41, 5.74) is 3.21. The number of amides is 1.